The number of nitrogens with zero attached hydrogens (tertiary/aromatic N) is 2. The Bertz CT molecular complexity index is 1080. The molecule has 0 saturated heterocycles. The Morgan fingerprint density at radius 3 is 2.34 bits per heavy atom. The van der Waals surface area contributed by atoms with Crippen LogP contribution < -0.4 is 5.32 Å². The summed E-state index contributed by atoms with van der Waals surface area (Å²) in [5.74, 6) is -2.04. The van der Waals surface area contributed by atoms with Gasteiger partial charge in [-0.05, 0) is 65.6 Å². The molecule has 4 nitrogen and oxygen atoms in total. The maximum Gasteiger partial charge on any atom is 0.471 e. The Morgan fingerprint density at radius 2 is 1.75 bits per heavy atom. The Balaban J connectivity index is 1.92. The van der Waals surface area contributed by atoms with Gasteiger partial charge in [-0.25, -0.2) is 9.07 Å². The van der Waals surface area contributed by atoms with Gasteiger partial charge in [0.25, 0.3) is 0 Å². The zero-order valence-corrected chi connectivity index (χ0v) is 18.5. The van der Waals surface area contributed by atoms with Crippen molar-refractivity contribution >= 4 is 16.8 Å². The third kappa shape index (κ3) is 5.29. The van der Waals surface area contributed by atoms with E-state index in [9.17, 15) is 22.4 Å². The van der Waals surface area contributed by atoms with Gasteiger partial charge in [-0.1, -0.05) is 33.8 Å². The predicted octanol–water partition coefficient (Wildman–Crippen LogP) is 6.00. The summed E-state index contributed by atoms with van der Waals surface area (Å²) in [6.45, 7) is 7.74. The average Bonchev–Trinajstić information content (AvgIpc) is 3.13. The van der Waals surface area contributed by atoms with Gasteiger partial charge in [0.05, 0.1) is 17.4 Å². The molecule has 1 unspecified atom stereocenters. The molecule has 0 fully saturated rings. The Labute approximate surface area is 184 Å². The molecule has 0 saturated carbocycles. The molecule has 1 atom stereocenters. The van der Waals surface area contributed by atoms with Crippen molar-refractivity contribution in [3.8, 4) is 5.69 Å². The van der Waals surface area contributed by atoms with Gasteiger partial charge in [-0.3, -0.25) is 4.79 Å². The largest absolute Gasteiger partial charge is 0.471 e. The summed E-state index contributed by atoms with van der Waals surface area (Å²) in [5, 5.41) is 7.33. The van der Waals surface area contributed by atoms with Crippen molar-refractivity contribution in [3.63, 3.8) is 0 Å². The minimum absolute atomic E-state index is 0.0883. The standard InChI is InChI=1S/C24H27F4N3O/c1-15(2)11-20(23(3,4)14-29-22(32)24(26,27)28)16-5-10-21-17(12-16)13-30-31(21)19-8-6-18(25)7-9-19/h5-10,12-13,15,20H,11,14H2,1-4H3,(H,29,32). The Kier molecular flexibility index (Phi) is 6.62. The van der Waals surface area contributed by atoms with Crippen molar-refractivity contribution in [2.75, 3.05) is 6.54 Å². The van der Waals surface area contributed by atoms with Crippen molar-refractivity contribution in [1.29, 1.82) is 0 Å². The van der Waals surface area contributed by atoms with Crippen LogP contribution in [0, 0.1) is 17.2 Å². The molecule has 3 aromatic rings. The van der Waals surface area contributed by atoms with E-state index < -0.39 is 17.5 Å². The molecule has 1 aromatic heterocycles. The van der Waals surface area contributed by atoms with Gasteiger partial charge >= 0.3 is 12.1 Å². The molecule has 0 spiro atoms. The maximum atomic E-state index is 13.3. The van der Waals surface area contributed by atoms with E-state index in [2.05, 4.69) is 18.9 Å². The lowest BCUT2D eigenvalue weighted by Gasteiger charge is -2.36. The van der Waals surface area contributed by atoms with Crippen molar-refractivity contribution in [1.82, 2.24) is 15.1 Å². The number of halogens is 4. The highest BCUT2D eigenvalue weighted by Gasteiger charge is 2.40. The van der Waals surface area contributed by atoms with E-state index in [0.29, 0.717) is 5.92 Å². The van der Waals surface area contributed by atoms with Gasteiger partial charge in [0.2, 0.25) is 0 Å². The van der Waals surface area contributed by atoms with Crippen LogP contribution in [0.4, 0.5) is 17.6 Å². The van der Waals surface area contributed by atoms with E-state index in [1.165, 1.54) is 12.1 Å². The lowest BCUT2D eigenvalue weighted by molar-refractivity contribution is -0.174. The monoisotopic (exact) mass is 449 g/mol. The van der Waals surface area contributed by atoms with Gasteiger partial charge in [0.15, 0.2) is 0 Å². The van der Waals surface area contributed by atoms with Crippen LogP contribution in [-0.2, 0) is 4.79 Å². The summed E-state index contributed by atoms with van der Waals surface area (Å²) >= 11 is 0. The SMILES string of the molecule is CC(C)CC(c1ccc2c(cnn2-c2ccc(F)cc2)c1)C(C)(C)CNC(=O)C(F)(F)F. The van der Waals surface area contributed by atoms with E-state index in [-0.39, 0.29) is 18.3 Å². The number of rotatable bonds is 7. The molecule has 1 N–H and O–H groups in total. The Hall–Kier alpha value is -2.90. The van der Waals surface area contributed by atoms with Gasteiger partial charge < -0.3 is 5.32 Å². The van der Waals surface area contributed by atoms with Crippen LogP contribution in [0.2, 0.25) is 0 Å². The highest BCUT2D eigenvalue weighted by molar-refractivity contribution is 5.82. The van der Waals surface area contributed by atoms with Crippen LogP contribution in [0.5, 0.6) is 0 Å². The first kappa shape index (κ1) is 23.8. The first-order valence-electron chi connectivity index (χ1n) is 10.5. The zero-order valence-electron chi connectivity index (χ0n) is 18.5. The minimum atomic E-state index is -4.91. The number of amides is 1. The number of alkyl halides is 3. The van der Waals surface area contributed by atoms with Gasteiger partial charge in [-0.2, -0.15) is 18.3 Å². The fraction of sp³-hybridized carbons (Fsp3) is 0.417. The molecular weight excluding hydrogens is 422 g/mol. The molecule has 1 heterocycles. The van der Waals surface area contributed by atoms with E-state index in [1.807, 2.05) is 37.4 Å². The molecular formula is C24H27F4N3O. The predicted molar refractivity (Wildman–Crippen MR) is 116 cm³/mol. The molecule has 3 rings (SSSR count). The number of carbonyl (C=O) groups is 1. The number of carbonyl (C=O) groups excluding carboxylic acids is 1. The topological polar surface area (TPSA) is 46.9 Å². The summed E-state index contributed by atoms with van der Waals surface area (Å²) < 4.78 is 52.9. The summed E-state index contributed by atoms with van der Waals surface area (Å²) in [6.07, 6.45) is -2.45. The second-order valence-corrected chi connectivity index (χ2v) is 9.20. The first-order valence-corrected chi connectivity index (χ1v) is 10.5. The minimum Gasteiger partial charge on any atom is -0.348 e. The number of hydrogen-bond acceptors (Lipinski definition) is 2. The molecule has 2 aromatic carbocycles. The molecule has 32 heavy (non-hydrogen) atoms. The summed E-state index contributed by atoms with van der Waals surface area (Å²) in [7, 11) is 0. The van der Waals surface area contributed by atoms with E-state index >= 15 is 0 Å². The van der Waals surface area contributed by atoms with Gasteiger partial charge in [0.1, 0.15) is 5.82 Å². The smallest absolute Gasteiger partial charge is 0.348 e. The van der Waals surface area contributed by atoms with Crippen LogP contribution >= 0.6 is 0 Å². The van der Waals surface area contributed by atoms with E-state index in [1.54, 1.807) is 23.0 Å². The third-order valence-corrected chi connectivity index (χ3v) is 5.68. The van der Waals surface area contributed by atoms with Crippen LogP contribution in [-0.4, -0.2) is 28.4 Å². The van der Waals surface area contributed by atoms with Gasteiger partial charge in [-0.15, -0.1) is 0 Å². The third-order valence-electron chi connectivity index (χ3n) is 5.68. The highest BCUT2D eigenvalue weighted by Crippen LogP contribution is 2.41. The quantitative estimate of drug-likeness (QED) is 0.450. The lowest BCUT2D eigenvalue weighted by Crippen LogP contribution is -2.43. The summed E-state index contributed by atoms with van der Waals surface area (Å²) in [4.78, 5) is 11.4. The van der Waals surface area contributed by atoms with Crippen LogP contribution in [0.25, 0.3) is 16.6 Å². The number of fused-ring (bicyclic) bond motifs is 1. The van der Waals surface area contributed by atoms with Crippen LogP contribution in [0.1, 0.15) is 45.6 Å². The summed E-state index contributed by atoms with van der Waals surface area (Å²) in [6, 6.07) is 11.9. The van der Waals surface area contributed by atoms with Crippen molar-refractivity contribution < 1.29 is 22.4 Å². The molecule has 1 amide bonds. The van der Waals surface area contributed by atoms with Crippen molar-refractivity contribution in [3.05, 3.63) is 60.0 Å². The zero-order chi connectivity index (χ0) is 23.7. The van der Waals surface area contributed by atoms with Crippen LogP contribution in [0.15, 0.2) is 48.7 Å². The Morgan fingerprint density at radius 1 is 1.09 bits per heavy atom. The van der Waals surface area contributed by atoms with Crippen molar-refractivity contribution in [2.24, 2.45) is 11.3 Å². The number of aromatic nitrogens is 2. The fourth-order valence-electron chi connectivity index (χ4n) is 3.97. The first-order chi connectivity index (χ1) is 14.9. The molecule has 0 radical (unpaired) electrons. The normalized spacial score (nSPS) is 13.5. The number of nitrogens with one attached hydrogen (secondary N) is 1. The van der Waals surface area contributed by atoms with Crippen molar-refractivity contribution in [2.45, 2.75) is 46.2 Å². The second-order valence-electron chi connectivity index (χ2n) is 9.20. The highest BCUT2D eigenvalue weighted by atomic mass is 19.4. The lowest BCUT2D eigenvalue weighted by atomic mass is 9.71. The average molecular weight is 449 g/mol. The maximum absolute atomic E-state index is 13.3. The molecule has 0 aliphatic rings. The van der Waals surface area contributed by atoms with E-state index in [0.717, 1.165) is 28.6 Å². The molecule has 172 valence electrons. The van der Waals surface area contributed by atoms with E-state index in [4.69, 9.17) is 0 Å². The number of hydrogen-bond donors (Lipinski definition) is 1. The fourth-order valence-corrected chi connectivity index (χ4v) is 3.97. The molecule has 0 aliphatic carbocycles. The number of benzene rings is 2. The molecule has 8 heteroatoms. The molecule has 0 aliphatic heterocycles. The summed E-state index contributed by atoms with van der Waals surface area (Å²) in [5.41, 5.74) is 1.91. The second kappa shape index (κ2) is 8.92. The van der Waals surface area contributed by atoms with Gasteiger partial charge in [0, 0.05) is 11.9 Å². The van der Waals surface area contributed by atoms with Crippen LogP contribution in [0.3, 0.4) is 0 Å². The molecule has 0 bridgehead atoms.